The molecule has 0 unspecified atom stereocenters. The van der Waals surface area contributed by atoms with Gasteiger partial charge in [-0.3, -0.25) is 0 Å². The third-order valence-electron chi connectivity index (χ3n) is 0.175. The van der Waals surface area contributed by atoms with Crippen molar-refractivity contribution in [1.82, 2.24) is 0 Å². The number of hydrogen-bond acceptors (Lipinski definition) is 1. The first-order valence-corrected chi connectivity index (χ1v) is 1.12. The molecule has 0 aromatic carbocycles. The van der Waals surface area contributed by atoms with Crippen LogP contribution in [0.3, 0.4) is 0 Å². The van der Waals surface area contributed by atoms with Crippen molar-refractivity contribution in [3.8, 4) is 0 Å². The Morgan fingerprint density at radius 1 is 1.83 bits per heavy atom. The maximum atomic E-state index is 9.25. The average molecular weight is 197 g/mol. The van der Waals surface area contributed by atoms with Gasteiger partial charge in [-0.15, -0.1) is 0 Å². The number of hydrogen-bond donors (Lipinski definition) is 1. The second-order valence-corrected chi connectivity index (χ2v) is 0.542. The van der Waals surface area contributed by atoms with E-state index in [9.17, 15) is 4.79 Å². The predicted molar refractivity (Wildman–Crippen MR) is 27.8 cm³/mol. The quantitative estimate of drug-likeness (QED) is 0.435. The van der Waals surface area contributed by atoms with Gasteiger partial charge in [0.2, 0.25) is 0 Å². The number of aliphatic carboxylic acids is 1. The zero-order valence-electron chi connectivity index (χ0n) is 3.35. The van der Waals surface area contributed by atoms with E-state index in [1.807, 2.05) is 0 Å². The summed E-state index contributed by atoms with van der Waals surface area (Å²) in [6.45, 7) is 2.96. The van der Waals surface area contributed by atoms with Crippen molar-refractivity contribution in [2.75, 3.05) is 0 Å². The Bertz CT molecular complexity index is 59.8. The van der Waals surface area contributed by atoms with Gasteiger partial charge in [-0.05, 0) is 0 Å². The molecule has 3 heteroatoms. The molecule has 0 spiro atoms. The molecule has 0 saturated heterocycles. The van der Waals surface area contributed by atoms with E-state index in [1.165, 1.54) is 0 Å². The van der Waals surface area contributed by atoms with Crippen molar-refractivity contribution in [2.24, 2.45) is 0 Å². The van der Waals surface area contributed by atoms with Crippen molar-refractivity contribution < 1.29 is 9.90 Å². The normalized spacial score (nSPS) is 5.33. The van der Waals surface area contributed by atoms with E-state index in [4.69, 9.17) is 5.11 Å². The minimum atomic E-state index is -0.981. The summed E-state index contributed by atoms with van der Waals surface area (Å²) in [6.07, 6.45) is 0.833. The molecule has 36 valence electrons. The standard InChI is InChI=1S/C3H4O2.Sb.3H/c1-2-3(4)5;;;;/h2H,1H2,(H,4,5);;;;. The van der Waals surface area contributed by atoms with Crippen molar-refractivity contribution in [2.45, 2.75) is 0 Å². The Balaban J connectivity index is 0. The summed E-state index contributed by atoms with van der Waals surface area (Å²) >= 11 is 0. The monoisotopic (exact) mass is 196 g/mol. The Hall–Kier alpha value is 0.0282. The molecule has 0 radical (unpaired) electrons. The molecule has 6 heavy (non-hydrogen) atoms. The average Bonchev–Trinajstić information content (AvgIpc) is 1.38. The van der Waals surface area contributed by atoms with Crippen molar-refractivity contribution >= 4 is 30.4 Å². The molecule has 0 aliphatic rings. The molecule has 0 heterocycles. The first-order chi connectivity index (χ1) is 2.27. The van der Waals surface area contributed by atoms with Gasteiger partial charge in [0, 0.05) is 6.08 Å². The molecule has 0 aliphatic carbocycles. The van der Waals surface area contributed by atoms with Gasteiger partial charge >= 0.3 is 30.4 Å². The van der Waals surface area contributed by atoms with Crippen LogP contribution in [0.15, 0.2) is 12.7 Å². The molecule has 0 fully saturated rings. The number of carboxylic acids is 1. The molecule has 0 aromatic rings. The molecule has 0 bridgehead atoms. The fraction of sp³-hybridized carbons (Fsp3) is 0. The molecule has 2 nitrogen and oxygen atoms in total. The van der Waals surface area contributed by atoms with Gasteiger partial charge in [-0.1, -0.05) is 6.58 Å². The van der Waals surface area contributed by atoms with Gasteiger partial charge in [0.1, 0.15) is 0 Å². The molecule has 0 aliphatic heterocycles. The Morgan fingerprint density at radius 2 is 2.00 bits per heavy atom. The number of carbonyl (C=O) groups is 1. The SMILES string of the molecule is C=CC(=O)O.[SbH3]. The third-order valence-corrected chi connectivity index (χ3v) is 0.175. The molecule has 0 saturated carbocycles. The van der Waals surface area contributed by atoms with Crippen LogP contribution in [0, 0.1) is 0 Å². The molecular formula is C3H7O2Sb. The van der Waals surface area contributed by atoms with Crippen LogP contribution in [0.5, 0.6) is 0 Å². The summed E-state index contributed by atoms with van der Waals surface area (Å²) in [4.78, 5) is 9.25. The summed E-state index contributed by atoms with van der Waals surface area (Å²) in [5, 5.41) is 7.60. The zero-order chi connectivity index (χ0) is 4.28. The van der Waals surface area contributed by atoms with Crippen LogP contribution in [-0.4, -0.2) is 35.5 Å². The van der Waals surface area contributed by atoms with Crippen LogP contribution in [-0.2, 0) is 4.79 Å². The van der Waals surface area contributed by atoms with Gasteiger partial charge in [0.25, 0.3) is 0 Å². The number of rotatable bonds is 1. The summed E-state index contributed by atoms with van der Waals surface area (Å²) in [5.41, 5.74) is 0. The van der Waals surface area contributed by atoms with Gasteiger partial charge in [0.05, 0.1) is 0 Å². The molecular weight excluding hydrogens is 190 g/mol. The summed E-state index contributed by atoms with van der Waals surface area (Å²) in [5.74, 6) is -0.981. The van der Waals surface area contributed by atoms with Gasteiger partial charge in [-0.25, -0.2) is 4.79 Å². The molecule has 0 amide bonds. The third kappa shape index (κ3) is 8.98. The van der Waals surface area contributed by atoms with Crippen LogP contribution in [0.2, 0.25) is 0 Å². The molecule has 0 aromatic heterocycles. The topological polar surface area (TPSA) is 37.3 Å². The van der Waals surface area contributed by atoms with Gasteiger partial charge in [0.15, 0.2) is 0 Å². The van der Waals surface area contributed by atoms with Gasteiger partial charge < -0.3 is 5.11 Å². The van der Waals surface area contributed by atoms with Crippen LogP contribution in [0.1, 0.15) is 0 Å². The predicted octanol–water partition coefficient (Wildman–Crippen LogP) is -0.927. The van der Waals surface area contributed by atoms with E-state index in [0.29, 0.717) is 0 Å². The fourth-order valence-corrected chi connectivity index (χ4v) is 0. The second kappa shape index (κ2) is 5.03. The summed E-state index contributed by atoms with van der Waals surface area (Å²) in [7, 11) is 0. The van der Waals surface area contributed by atoms with Gasteiger partial charge in [-0.2, -0.15) is 0 Å². The van der Waals surface area contributed by atoms with Crippen molar-refractivity contribution in [3.63, 3.8) is 0 Å². The molecule has 0 atom stereocenters. The van der Waals surface area contributed by atoms with Crippen molar-refractivity contribution in [1.29, 1.82) is 0 Å². The van der Waals surface area contributed by atoms with Crippen LogP contribution in [0.25, 0.3) is 0 Å². The van der Waals surface area contributed by atoms with Crippen LogP contribution < -0.4 is 0 Å². The molecule has 1 N–H and O–H groups in total. The van der Waals surface area contributed by atoms with Crippen LogP contribution >= 0.6 is 0 Å². The zero-order valence-corrected chi connectivity index (χ0v) is 7.38. The Labute approximate surface area is 53.3 Å². The van der Waals surface area contributed by atoms with Crippen molar-refractivity contribution in [3.05, 3.63) is 12.7 Å². The first-order valence-electron chi connectivity index (χ1n) is 1.12. The molecule has 0 rings (SSSR count). The minimum absolute atomic E-state index is 0. The van der Waals surface area contributed by atoms with E-state index in [-0.39, 0.29) is 24.4 Å². The Kier molecular flexibility index (Phi) is 7.87. The van der Waals surface area contributed by atoms with Crippen LogP contribution in [0.4, 0.5) is 0 Å². The Morgan fingerprint density at radius 3 is 2.00 bits per heavy atom. The summed E-state index contributed by atoms with van der Waals surface area (Å²) in [6, 6.07) is 0. The van der Waals surface area contributed by atoms with E-state index < -0.39 is 5.97 Å². The van der Waals surface area contributed by atoms with E-state index in [0.717, 1.165) is 6.08 Å². The van der Waals surface area contributed by atoms with E-state index >= 15 is 0 Å². The van der Waals surface area contributed by atoms with E-state index in [1.54, 1.807) is 0 Å². The maximum absolute atomic E-state index is 9.25. The summed E-state index contributed by atoms with van der Waals surface area (Å²) < 4.78 is 0. The fourth-order valence-electron chi connectivity index (χ4n) is 0. The first kappa shape index (κ1) is 9.39. The number of carboxylic acid groups (broad SMARTS) is 1. The van der Waals surface area contributed by atoms with E-state index in [2.05, 4.69) is 6.58 Å². The second-order valence-electron chi connectivity index (χ2n) is 0.542.